The number of phosphoric acid groups is 1. The quantitative estimate of drug-likeness (QED) is 0.0195. The SMILES string of the molecule is CCCC/C=C\C/C=C\CCCCCCCC(=O)OC(COC(=O)CCCCCCCCCCCCCCCCCCCCCCCCCCCCC/C=C\CCCCCCCCCC)COP(=O)([O-])OCC[N+](C)(C)C. The predicted molar refractivity (Wildman–Crippen MR) is 328 cm³/mol. The lowest BCUT2D eigenvalue weighted by Gasteiger charge is -2.28. The van der Waals surface area contributed by atoms with E-state index in [2.05, 4.69) is 50.3 Å². The van der Waals surface area contributed by atoms with Gasteiger partial charge in [0, 0.05) is 12.8 Å². The molecule has 0 fully saturated rings. The van der Waals surface area contributed by atoms with Crippen LogP contribution in [0.25, 0.3) is 0 Å². The maximum atomic E-state index is 12.7. The maximum absolute atomic E-state index is 12.7. The number of likely N-dealkylation sites (N-methyl/N-ethyl adjacent to an activating group) is 1. The third-order valence-corrected chi connectivity index (χ3v) is 15.8. The van der Waals surface area contributed by atoms with Crippen LogP contribution in [0.4, 0.5) is 0 Å². The minimum absolute atomic E-state index is 0.0321. The number of phosphoric ester groups is 1. The number of ether oxygens (including phenoxy) is 2. The normalized spacial score (nSPS) is 13.4. The van der Waals surface area contributed by atoms with E-state index in [1.807, 2.05) is 21.1 Å². The molecule has 0 aliphatic rings. The van der Waals surface area contributed by atoms with Gasteiger partial charge in [0.2, 0.25) is 0 Å². The van der Waals surface area contributed by atoms with Gasteiger partial charge in [-0.15, -0.1) is 0 Å². The first kappa shape index (κ1) is 75.2. The fraction of sp³-hybridized carbons (Fsp3) is 0.881. The Bertz CT molecular complexity index is 1390. The van der Waals surface area contributed by atoms with Gasteiger partial charge in [0.05, 0.1) is 27.7 Å². The summed E-state index contributed by atoms with van der Waals surface area (Å²) < 4.78 is 34.1. The Balaban J connectivity index is 3.84. The predicted octanol–water partition coefficient (Wildman–Crippen LogP) is 20.5. The summed E-state index contributed by atoms with van der Waals surface area (Å²) in [6.07, 6.45) is 74.0. The van der Waals surface area contributed by atoms with E-state index in [9.17, 15) is 19.0 Å². The van der Waals surface area contributed by atoms with Gasteiger partial charge in [0.25, 0.3) is 7.82 Å². The van der Waals surface area contributed by atoms with Crippen LogP contribution >= 0.6 is 7.82 Å². The summed E-state index contributed by atoms with van der Waals surface area (Å²) in [6.45, 7) is 4.22. The number of hydrogen-bond donors (Lipinski definition) is 0. The zero-order valence-electron chi connectivity index (χ0n) is 51.7. The fourth-order valence-electron chi connectivity index (χ4n) is 9.73. The Hall–Kier alpha value is -1.77. The topological polar surface area (TPSA) is 111 Å². The average molecular weight is 1110 g/mol. The van der Waals surface area contributed by atoms with Crippen LogP contribution in [0.1, 0.15) is 328 Å². The van der Waals surface area contributed by atoms with Crippen molar-refractivity contribution >= 4 is 19.8 Å². The van der Waals surface area contributed by atoms with E-state index < -0.39 is 26.5 Å². The number of allylic oxidation sites excluding steroid dienone is 6. The molecule has 2 unspecified atom stereocenters. The van der Waals surface area contributed by atoms with Crippen molar-refractivity contribution in [3.63, 3.8) is 0 Å². The Labute approximate surface area is 478 Å². The van der Waals surface area contributed by atoms with E-state index in [-0.39, 0.29) is 32.0 Å². The number of rotatable bonds is 62. The molecule has 0 radical (unpaired) electrons. The maximum Gasteiger partial charge on any atom is 0.306 e. The first-order chi connectivity index (χ1) is 37.5. The van der Waals surface area contributed by atoms with Gasteiger partial charge in [-0.1, -0.05) is 288 Å². The molecule has 0 rings (SSSR count). The number of carbonyl (C=O) groups is 2. The summed E-state index contributed by atoms with van der Waals surface area (Å²) in [7, 11) is 1.17. The Morgan fingerprint density at radius 2 is 0.714 bits per heavy atom. The molecule has 0 aromatic heterocycles. The molecule has 0 saturated carbocycles. The van der Waals surface area contributed by atoms with Gasteiger partial charge in [-0.05, 0) is 64.2 Å². The number of unbranched alkanes of at least 4 members (excludes halogenated alkanes) is 42. The molecule has 77 heavy (non-hydrogen) atoms. The van der Waals surface area contributed by atoms with Gasteiger partial charge in [-0.25, -0.2) is 0 Å². The van der Waals surface area contributed by atoms with Crippen LogP contribution in [-0.4, -0.2) is 70.0 Å². The monoisotopic (exact) mass is 1110 g/mol. The number of esters is 2. The van der Waals surface area contributed by atoms with Gasteiger partial charge < -0.3 is 27.9 Å². The Kier molecular flexibility index (Phi) is 57.5. The molecule has 0 aromatic carbocycles. The van der Waals surface area contributed by atoms with Crippen molar-refractivity contribution in [3.05, 3.63) is 36.5 Å². The van der Waals surface area contributed by atoms with E-state index in [0.717, 1.165) is 64.2 Å². The second-order valence-electron chi connectivity index (χ2n) is 23.8. The van der Waals surface area contributed by atoms with Crippen molar-refractivity contribution in [2.45, 2.75) is 335 Å². The van der Waals surface area contributed by atoms with E-state index in [4.69, 9.17) is 18.5 Å². The Morgan fingerprint density at radius 1 is 0.403 bits per heavy atom. The van der Waals surface area contributed by atoms with E-state index >= 15 is 0 Å². The summed E-state index contributed by atoms with van der Waals surface area (Å²) in [5, 5.41) is 0. The minimum atomic E-state index is -4.64. The minimum Gasteiger partial charge on any atom is -0.756 e. The van der Waals surface area contributed by atoms with Crippen molar-refractivity contribution in [2.75, 3.05) is 47.5 Å². The van der Waals surface area contributed by atoms with Crippen molar-refractivity contribution in [3.8, 4) is 0 Å². The van der Waals surface area contributed by atoms with Crippen LogP contribution in [0.5, 0.6) is 0 Å². The molecule has 9 nitrogen and oxygen atoms in total. The van der Waals surface area contributed by atoms with Crippen molar-refractivity contribution < 1.29 is 42.1 Å². The number of quaternary nitrogens is 1. The molecule has 0 heterocycles. The lowest BCUT2D eigenvalue weighted by Crippen LogP contribution is -2.37. The molecular weight excluding hydrogens is 978 g/mol. The van der Waals surface area contributed by atoms with Crippen LogP contribution in [0, 0.1) is 0 Å². The average Bonchev–Trinajstić information content (AvgIpc) is 3.39. The van der Waals surface area contributed by atoms with Gasteiger partial charge in [-0.2, -0.15) is 0 Å². The summed E-state index contributed by atoms with van der Waals surface area (Å²) in [6, 6.07) is 0. The standard InChI is InChI=1S/C67H128NO8P/c1-6-8-10-12-14-16-18-20-22-23-24-25-26-27-28-29-30-31-32-33-34-35-36-37-38-39-40-41-42-43-44-45-46-48-49-51-53-55-57-59-66(69)73-63-65(64-75-77(71,72)74-62-61-68(3,4)5)76-67(70)60-58-56-54-52-50-47-21-19-17-15-13-11-9-7-2/h13,15,19,21,23-24,65H,6-12,14,16-18,20,22,25-64H2,1-5H3/b15-13-,21-19-,24-23-. The first-order valence-corrected chi connectivity index (χ1v) is 34.7. The highest BCUT2D eigenvalue weighted by Crippen LogP contribution is 2.38. The lowest BCUT2D eigenvalue weighted by atomic mass is 10.0. The molecule has 0 bridgehead atoms. The zero-order valence-corrected chi connectivity index (χ0v) is 52.6. The third-order valence-electron chi connectivity index (χ3n) is 14.9. The van der Waals surface area contributed by atoms with Crippen molar-refractivity contribution in [2.24, 2.45) is 0 Å². The molecule has 454 valence electrons. The van der Waals surface area contributed by atoms with E-state index in [1.165, 1.54) is 231 Å². The van der Waals surface area contributed by atoms with E-state index in [1.54, 1.807) is 0 Å². The molecule has 0 aliphatic heterocycles. The highest BCUT2D eigenvalue weighted by Gasteiger charge is 2.22. The highest BCUT2D eigenvalue weighted by molar-refractivity contribution is 7.45. The molecule has 0 aromatic rings. The summed E-state index contributed by atoms with van der Waals surface area (Å²) >= 11 is 0. The molecule has 0 N–H and O–H groups in total. The van der Waals surface area contributed by atoms with Crippen LogP contribution < -0.4 is 4.89 Å². The third kappa shape index (κ3) is 63.3. The van der Waals surface area contributed by atoms with Gasteiger partial charge >= 0.3 is 11.9 Å². The van der Waals surface area contributed by atoms with Gasteiger partial charge in [-0.3, -0.25) is 14.2 Å². The molecule has 0 saturated heterocycles. The second kappa shape index (κ2) is 58.9. The summed E-state index contributed by atoms with van der Waals surface area (Å²) in [4.78, 5) is 37.8. The smallest absolute Gasteiger partial charge is 0.306 e. The highest BCUT2D eigenvalue weighted by atomic mass is 31.2. The number of nitrogens with zero attached hydrogens (tertiary/aromatic N) is 1. The second-order valence-corrected chi connectivity index (χ2v) is 25.2. The van der Waals surface area contributed by atoms with Gasteiger partial charge in [0.1, 0.15) is 19.8 Å². The lowest BCUT2D eigenvalue weighted by molar-refractivity contribution is -0.870. The number of carbonyl (C=O) groups excluding carboxylic acids is 2. The van der Waals surface area contributed by atoms with Gasteiger partial charge in [0.15, 0.2) is 6.10 Å². The zero-order chi connectivity index (χ0) is 56.3. The van der Waals surface area contributed by atoms with Crippen LogP contribution in [0.2, 0.25) is 0 Å². The first-order valence-electron chi connectivity index (χ1n) is 33.2. The Morgan fingerprint density at radius 3 is 1.08 bits per heavy atom. The van der Waals surface area contributed by atoms with Crippen LogP contribution in [0.3, 0.4) is 0 Å². The molecule has 0 spiro atoms. The molecule has 2 atom stereocenters. The van der Waals surface area contributed by atoms with Crippen molar-refractivity contribution in [1.29, 1.82) is 0 Å². The van der Waals surface area contributed by atoms with Crippen molar-refractivity contribution in [1.82, 2.24) is 0 Å². The summed E-state index contributed by atoms with van der Waals surface area (Å²) in [5.41, 5.74) is 0. The molecule has 0 aliphatic carbocycles. The van der Waals surface area contributed by atoms with Crippen LogP contribution in [-0.2, 0) is 32.7 Å². The molecular formula is C67H128NO8P. The molecule has 10 heteroatoms. The molecule has 0 amide bonds. The summed E-state index contributed by atoms with van der Waals surface area (Å²) in [5.74, 6) is -0.836. The fourth-order valence-corrected chi connectivity index (χ4v) is 10.5. The van der Waals surface area contributed by atoms with E-state index in [0.29, 0.717) is 17.4 Å². The largest absolute Gasteiger partial charge is 0.756 e. The van der Waals surface area contributed by atoms with Crippen LogP contribution in [0.15, 0.2) is 36.5 Å². The number of hydrogen-bond acceptors (Lipinski definition) is 8.